The topological polar surface area (TPSA) is 35.6 Å². The number of thioether (sulfide) groups is 1. The fourth-order valence-electron chi connectivity index (χ4n) is 4.00. The van der Waals surface area contributed by atoms with E-state index in [9.17, 15) is 4.79 Å². The predicted molar refractivity (Wildman–Crippen MR) is 118 cm³/mol. The van der Waals surface area contributed by atoms with E-state index in [1.54, 1.807) is 11.8 Å². The van der Waals surface area contributed by atoms with Gasteiger partial charge in [-0.2, -0.15) is 0 Å². The number of piperazine rings is 1. The number of carbonyl (C=O) groups is 1. The van der Waals surface area contributed by atoms with E-state index >= 15 is 0 Å². The second-order valence-electron chi connectivity index (χ2n) is 7.64. The van der Waals surface area contributed by atoms with Crippen LogP contribution in [0.25, 0.3) is 0 Å². The molecule has 1 saturated heterocycles. The molecule has 2 aliphatic rings. The van der Waals surface area contributed by atoms with Gasteiger partial charge in [0.05, 0.1) is 11.4 Å². The molecule has 1 fully saturated rings. The number of anilines is 2. The van der Waals surface area contributed by atoms with Gasteiger partial charge in [-0.05, 0) is 55.6 Å². The lowest BCUT2D eigenvalue weighted by Gasteiger charge is -2.36. The highest BCUT2D eigenvalue weighted by atomic mass is 32.2. The van der Waals surface area contributed by atoms with Crippen molar-refractivity contribution in [2.75, 3.05) is 48.7 Å². The Hall–Kier alpha value is -1.98. The van der Waals surface area contributed by atoms with Crippen LogP contribution in [0.3, 0.4) is 0 Å². The van der Waals surface area contributed by atoms with Gasteiger partial charge in [0.1, 0.15) is 0 Å². The predicted octanol–water partition coefficient (Wildman–Crippen LogP) is 4.27. The fourth-order valence-corrected chi connectivity index (χ4v) is 4.78. The third kappa shape index (κ3) is 5.09. The number of fused-ring (bicyclic) bond motifs is 1. The number of amides is 1. The van der Waals surface area contributed by atoms with Gasteiger partial charge in [0.15, 0.2) is 0 Å². The summed E-state index contributed by atoms with van der Waals surface area (Å²) < 4.78 is 0. The van der Waals surface area contributed by atoms with E-state index in [-0.39, 0.29) is 5.91 Å². The van der Waals surface area contributed by atoms with Crippen molar-refractivity contribution in [3.05, 3.63) is 54.1 Å². The van der Waals surface area contributed by atoms with Crippen molar-refractivity contribution < 1.29 is 4.79 Å². The van der Waals surface area contributed by atoms with Gasteiger partial charge in [0.2, 0.25) is 5.91 Å². The zero-order chi connectivity index (χ0) is 19.2. The number of carbonyl (C=O) groups excluding carboxylic acids is 1. The number of hydrogen-bond acceptors (Lipinski definition) is 4. The quantitative estimate of drug-likeness (QED) is 0.711. The van der Waals surface area contributed by atoms with Crippen LogP contribution in [0, 0.1) is 0 Å². The van der Waals surface area contributed by atoms with Gasteiger partial charge in [-0.1, -0.05) is 30.7 Å². The lowest BCUT2D eigenvalue weighted by molar-refractivity contribution is -0.113. The smallest absolute Gasteiger partial charge is 0.234 e. The maximum atomic E-state index is 11.5. The first-order valence-electron chi connectivity index (χ1n) is 10.4. The fraction of sp³-hybridized carbons (Fsp3) is 0.435. The van der Waals surface area contributed by atoms with Crippen LogP contribution in [0.1, 0.15) is 24.8 Å². The van der Waals surface area contributed by atoms with E-state index in [1.807, 2.05) is 0 Å². The summed E-state index contributed by atoms with van der Waals surface area (Å²) >= 11 is 1.63. The third-order valence-corrected chi connectivity index (χ3v) is 6.68. The molecule has 2 aliphatic heterocycles. The van der Waals surface area contributed by atoms with Crippen LogP contribution in [0.5, 0.6) is 0 Å². The molecule has 2 aromatic carbocycles. The van der Waals surface area contributed by atoms with Crippen molar-refractivity contribution in [2.24, 2.45) is 0 Å². The molecule has 0 radical (unpaired) electrons. The first kappa shape index (κ1) is 19.3. The van der Waals surface area contributed by atoms with Crippen LogP contribution in [0.4, 0.5) is 11.4 Å². The first-order valence-corrected chi connectivity index (χ1v) is 11.3. The minimum absolute atomic E-state index is 0.113. The number of hydrogen-bond donors (Lipinski definition) is 1. The van der Waals surface area contributed by atoms with Crippen LogP contribution in [-0.4, -0.2) is 49.3 Å². The van der Waals surface area contributed by atoms with E-state index in [1.165, 1.54) is 42.0 Å². The third-order valence-electron chi connectivity index (χ3n) is 5.61. The van der Waals surface area contributed by atoms with E-state index in [4.69, 9.17) is 0 Å². The van der Waals surface area contributed by atoms with Crippen LogP contribution in [-0.2, 0) is 11.2 Å². The molecule has 28 heavy (non-hydrogen) atoms. The lowest BCUT2D eigenvalue weighted by atomic mass is 10.1. The molecule has 2 aromatic rings. The molecule has 0 unspecified atom stereocenters. The standard InChI is InChI=1S/C23H29N3OS/c27-23-18-28-22-11-10-19(17-21(22)24-23)7-3-2-6-12-25-13-15-26(16-14-25)20-8-4-1-5-9-20/h1,4-5,8-11,17H,2-3,6-7,12-16,18H2,(H,24,27). The van der Waals surface area contributed by atoms with Gasteiger partial charge in [-0.25, -0.2) is 0 Å². The highest BCUT2D eigenvalue weighted by molar-refractivity contribution is 8.00. The number of benzene rings is 2. The molecule has 5 heteroatoms. The Morgan fingerprint density at radius 3 is 2.57 bits per heavy atom. The van der Waals surface area contributed by atoms with Crippen molar-refractivity contribution in [1.82, 2.24) is 4.90 Å². The second kappa shape index (κ2) is 9.48. The van der Waals surface area contributed by atoms with Crippen molar-refractivity contribution in [3.8, 4) is 0 Å². The van der Waals surface area contributed by atoms with Gasteiger partial charge in [-0.3, -0.25) is 9.69 Å². The maximum Gasteiger partial charge on any atom is 0.234 e. The zero-order valence-corrected chi connectivity index (χ0v) is 17.2. The van der Waals surface area contributed by atoms with Crippen molar-refractivity contribution in [3.63, 3.8) is 0 Å². The molecule has 1 amide bonds. The van der Waals surface area contributed by atoms with Crippen LogP contribution in [0.15, 0.2) is 53.4 Å². The Labute approximate surface area is 172 Å². The van der Waals surface area contributed by atoms with E-state index in [0.29, 0.717) is 5.75 Å². The lowest BCUT2D eigenvalue weighted by Crippen LogP contribution is -2.46. The number of nitrogens with one attached hydrogen (secondary N) is 1. The average Bonchev–Trinajstić information content (AvgIpc) is 2.74. The Morgan fingerprint density at radius 2 is 1.75 bits per heavy atom. The summed E-state index contributed by atoms with van der Waals surface area (Å²) in [4.78, 5) is 17.8. The molecule has 0 saturated carbocycles. The first-order chi connectivity index (χ1) is 13.8. The molecule has 148 valence electrons. The van der Waals surface area contributed by atoms with Gasteiger partial charge in [0, 0.05) is 36.8 Å². The Bertz CT molecular complexity index is 788. The molecule has 0 bridgehead atoms. The van der Waals surface area contributed by atoms with Gasteiger partial charge in [0.25, 0.3) is 0 Å². The molecular weight excluding hydrogens is 366 g/mol. The molecular formula is C23H29N3OS. The second-order valence-corrected chi connectivity index (χ2v) is 8.66. The largest absolute Gasteiger partial charge is 0.369 e. The van der Waals surface area contributed by atoms with E-state index in [0.717, 1.165) is 38.3 Å². The van der Waals surface area contributed by atoms with Crippen LogP contribution in [0.2, 0.25) is 0 Å². The minimum atomic E-state index is 0.113. The van der Waals surface area contributed by atoms with Gasteiger partial charge < -0.3 is 10.2 Å². The highest BCUT2D eigenvalue weighted by Crippen LogP contribution is 2.32. The molecule has 1 N–H and O–H groups in total. The molecule has 0 aromatic heterocycles. The van der Waals surface area contributed by atoms with E-state index < -0.39 is 0 Å². The number of aryl methyl sites for hydroxylation is 1. The van der Waals surface area contributed by atoms with Crippen molar-refractivity contribution >= 4 is 29.0 Å². The Morgan fingerprint density at radius 1 is 0.929 bits per heavy atom. The van der Waals surface area contributed by atoms with E-state index in [2.05, 4.69) is 63.6 Å². The monoisotopic (exact) mass is 395 g/mol. The molecule has 0 atom stereocenters. The summed E-state index contributed by atoms with van der Waals surface area (Å²) in [5, 5.41) is 2.99. The summed E-state index contributed by atoms with van der Waals surface area (Å²) in [6.45, 7) is 5.79. The Kier molecular flexibility index (Phi) is 6.55. The summed E-state index contributed by atoms with van der Waals surface area (Å²) in [5.41, 5.74) is 3.68. The minimum Gasteiger partial charge on any atom is -0.369 e. The summed E-state index contributed by atoms with van der Waals surface area (Å²) in [5.74, 6) is 0.647. The summed E-state index contributed by atoms with van der Waals surface area (Å²) in [6.07, 6.45) is 4.83. The van der Waals surface area contributed by atoms with Crippen LogP contribution >= 0.6 is 11.8 Å². The molecule has 0 aliphatic carbocycles. The molecule has 4 nitrogen and oxygen atoms in total. The normalized spacial score (nSPS) is 17.3. The summed E-state index contributed by atoms with van der Waals surface area (Å²) in [7, 11) is 0. The molecule has 0 spiro atoms. The Balaban J connectivity index is 1.13. The van der Waals surface area contributed by atoms with Crippen molar-refractivity contribution in [1.29, 1.82) is 0 Å². The zero-order valence-electron chi connectivity index (χ0n) is 16.4. The number of unbranched alkanes of at least 4 members (excludes halogenated alkanes) is 2. The maximum absolute atomic E-state index is 11.5. The van der Waals surface area contributed by atoms with Crippen molar-refractivity contribution in [2.45, 2.75) is 30.6 Å². The SMILES string of the molecule is O=C1CSc2ccc(CCCCCN3CCN(c4ccccc4)CC3)cc2N1. The molecule has 2 heterocycles. The van der Waals surface area contributed by atoms with Gasteiger partial charge in [-0.15, -0.1) is 11.8 Å². The molecule has 4 rings (SSSR count). The number of rotatable bonds is 7. The number of nitrogens with zero attached hydrogens (tertiary/aromatic N) is 2. The average molecular weight is 396 g/mol. The van der Waals surface area contributed by atoms with Gasteiger partial charge >= 0.3 is 0 Å². The van der Waals surface area contributed by atoms with Crippen LogP contribution < -0.4 is 10.2 Å². The highest BCUT2D eigenvalue weighted by Gasteiger charge is 2.17. The number of para-hydroxylation sites is 1. The summed E-state index contributed by atoms with van der Waals surface area (Å²) in [6, 6.07) is 17.3.